The fourth-order valence-corrected chi connectivity index (χ4v) is 3.48. The lowest BCUT2D eigenvalue weighted by Gasteiger charge is -2.16. The molecule has 1 saturated heterocycles. The summed E-state index contributed by atoms with van der Waals surface area (Å²) in [4.78, 5) is 18.2. The number of aromatic amines is 1. The third-order valence-corrected chi connectivity index (χ3v) is 5.02. The highest BCUT2D eigenvalue weighted by molar-refractivity contribution is 5.96. The average molecular weight is 407 g/mol. The lowest BCUT2D eigenvalue weighted by Crippen LogP contribution is -2.24. The number of H-pyrrole nitrogens is 1. The van der Waals surface area contributed by atoms with E-state index in [-0.39, 0.29) is 30.7 Å². The summed E-state index contributed by atoms with van der Waals surface area (Å²) < 4.78 is 32.1. The van der Waals surface area contributed by atoms with E-state index in [2.05, 4.69) is 20.3 Å². The van der Waals surface area contributed by atoms with Crippen molar-refractivity contribution in [1.29, 1.82) is 0 Å². The number of hydrogen-bond acceptors (Lipinski definition) is 5. The highest BCUT2D eigenvalue weighted by Gasteiger charge is 2.35. The first-order chi connectivity index (χ1) is 14.6. The molecular formula is C21H15F2N5O2. The van der Waals surface area contributed by atoms with Crippen LogP contribution in [0.4, 0.5) is 14.5 Å². The van der Waals surface area contributed by atoms with Crippen molar-refractivity contribution in [1.82, 2.24) is 20.3 Å². The molecule has 7 nitrogen and oxygen atoms in total. The zero-order chi connectivity index (χ0) is 20.7. The highest BCUT2D eigenvalue weighted by atomic mass is 19.2. The van der Waals surface area contributed by atoms with Crippen molar-refractivity contribution in [3.63, 3.8) is 0 Å². The van der Waals surface area contributed by atoms with E-state index in [0.717, 1.165) is 23.4 Å². The molecule has 1 aliphatic rings. The first kappa shape index (κ1) is 18.2. The Hall–Kier alpha value is -3.88. The summed E-state index contributed by atoms with van der Waals surface area (Å²) in [6.07, 6.45) is 0.149. The number of anilines is 1. The van der Waals surface area contributed by atoms with Gasteiger partial charge in [0.15, 0.2) is 17.5 Å². The van der Waals surface area contributed by atoms with E-state index in [9.17, 15) is 13.6 Å². The smallest absolute Gasteiger partial charge is 0.275 e. The maximum absolute atomic E-state index is 13.5. The van der Waals surface area contributed by atoms with E-state index >= 15 is 0 Å². The number of benzene rings is 2. The number of halogens is 2. The van der Waals surface area contributed by atoms with E-state index in [1.54, 1.807) is 6.07 Å². The number of amides is 1. The molecule has 4 aromatic rings. The van der Waals surface area contributed by atoms with Gasteiger partial charge in [-0.3, -0.25) is 9.89 Å². The third kappa shape index (κ3) is 3.24. The summed E-state index contributed by atoms with van der Waals surface area (Å²) in [7, 11) is 0. The average Bonchev–Trinajstić information content (AvgIpc) is 3.49. The maximum atomic E-state index is 13.5. The fourth-order valence-electron chi connectivity index (χ4n) is 3.48. The van der Waals surface area contributed by atoms with E-state index in [0.29, 0.717) is 17.2 Å². The van der Waals surface area contributed by atoms with Gasteiger partial charge in [-0.05, 0) is 18.2 Å². The van der Waals surface area contributed by atoms with E-state index in [4.69, 9.17) is 4.52 Å². The lowest BCUT2D eigenvalue weighted by atomic mass is 10.1. The molecule has 9 heteroatoms. The van der Waals surface area contributed by atoms with Crippen LogP contribution in [0.25, 0.3) is 22.8 Å². The molecule has 2 aromatic carbocycles. The first-order valence-corrected chi connectivity index (χ1v) is 9.29. The van der Waals surface area contributed by atoms with Crippen LogP contribution in [-0.2, 0) is 4.79 Å². The van der Waals surface area contributed by atoms with Crippen LogP contribution in [0.5, 0.6) is 0 Å². The molecule has 1 atom stereocenters. The summed E-state index contributed by atoms with van der Waals surface area (Å²) in [5.41, 5.74) is 2.55. The molecule has 0 bridgehead atoms. The summed E-state index contributed by atoms with van der Waals surface area (Å²) in [5, 5.41) is 11.1. The summed E-state index contributed by atoms with van der Waals surface area (Å²) in [5.74, 6) is -1.86. The van der Waals surface area contributed by atoms with Crippen molar-refractivity contribution in [3.8, 4) is 22.8 Å². The molecule has 1 unspecified atom stereocenters. The molecule has 1 fully saturated rings. The third-order valence-electron chi connectivity index (χ3n) is 5.02. The van der Waals surface area contributed by atoms with Gasteiger partial charge in [0.05, 0.1) is 5.69 Å². The SMILES string of the molecule is O=C1CC(c2noc(-c3cc(-c4ccccc4)n[nH]3)n2)CN1c1ccc(F)c(F)c1. The molecule has 0 aliphatic carbocycles. The minimum Gasteiger partial charge on any atom is -0.332 e. The first-order valence-electron chi connectivity index (χ1n) is 9.29. The Balaban J connectivity index is 1.35. The quantitative estimate of drug-likeness (QED) is 0.554. The van der Waals surface area contributed by atoms with Crippen molar-refractivity contribution in [2.75, 3.05) is 11.4 Å². The van der Waals surface area contributed by atoms with E-state index in [1.165, 1.54) is 11.0 Å². The van der Waals surface area contributed by atoms with Crippen LogP contribution in [0.2, 0.25) is 0 Å². The van der Waals surface area contributed by atoms with Gasteiger partial charge in [0, 0.05) is 36.2 Å². The molecule has 30 heavy (non-hydrogen) atoms. The molecule has 0 saturated carbocycles. The number of aromatic nitrogens is 4. The number of nitrogens with zero attached hydrogens (tertiary/aromatic N) is 4. The molecule has 3 heterocycles. The van der Waals surface area contributed by atoms with Gasteiger partial charge >= 0.3 is 0 Å². The van der Waals surface area contributed by atoms with Crippen LogP contribution >= 0.6 is 0 Å². The van der Waals surface area contributed by atoms with Crippen molar-refractivity contribution in [2.45, 2.75) is 12.3 Å². The number of hydrogen-bond donors (Lipinski definition) is 1. The second-order valence-corrected chi connectivity index (χ2v) is 6.99. The molecule has 0 spiro atoms. The van der Waals surface area contributed by atoms with Gasteiger partial charge in [0.2, 0.25) is 5.91 Å². The van der Waals surface area contributed by atoms with Gasteiger partial charge < -0.3 is 9.42 Å². The van der Waals surface area contributed by atoms with E-state index in [1.807, 2.05) is 30.3 Å². The summed E-state index contributed by atoms with van der Waals surface area (Å²) in [6, 6.07) is 14.8. The minimum absolute atomic E-state index is 0.149. The topological polar surface area (TPSA) is 87.9 Å². The monoisotopic (exact) mass is 407 g/mol. The van der Waals surface area contributed by atoms with Crippen LogP contribution in [-0.4, -0.2) is 32.8 Å². The number of carbonyl (C=O) groups is 1. The molecule has 150 valence electrons. The van der Waals surface area contributed by atoms with Crippen molar-refractivity contribution >= 4 is 11.6 Å². The van der Waals surface area contributed by atoms with Gasteiger partial charge in [0.1, 0.15) is 5.69 Å². The summed E-state index contributed by atoms with van der Waals surface area (Å²) in [6.45, 7) is 0.251. The molecule has 1 N–H and O–H groups in total. The Labute approximate surface area is 169 Å². The zero-order valence-electron chi connectivity index (χ0n) is 15.5. The predicted molar refractivity (Wildman–Crippen MR) is 103 cm³/mol. The Bertz CT molecular complexity index is 1220. The molecule has 0 radical (unpaired) electrons. The second kappa shape index (κ2) is 7.18. The number of nitrogens with one attached hydrogen (secondary N) is 1. The Morgan fingerprint density at radius 1 is 1.07 bits per heavy atom. The zero-order valence-corrected chi connectivity index (χ0v) is 15.5. The molecule has 2 aromatic heterocycles. The standard InChI is InChI=1S/C21H15F2N5O2/c22-15-7-6-14(9-16(15)23)28-11-13(8-19(28)29)20-24-21(30-27-20)18-10-17(25-26-18)12-4-2-1-3-5-12/h1-7,9-10,13H,8,11H2,(H,25,26). The van der Waals surface area contributed by atoms with Crippen LogP contribution in [0.1, 0.15) is 18.2 Å². The second-order valence-electron chi connectivity index (χ2n) is 6.99. The molecule has 1 amide bonds. The van der Waals surface area contributed by atoms with Gasteiger partial charge in [-0.15, -0.1) is 0 Å². The Morgan fingerprint density at radius 2 is 1.90 bits per heavy atom. The van der Waals surface area contributed by atoms with Gasteiger partial charge in [-0.25, -0.2) is 8.78 Å². The van der Waals surface area contributed by atoms with Crippen LogP contribution in [0.3, 0.4) is 0 Å². The number of rotatable bonds is 4. The minimum atomic E-state index is -1.00. The number of carbonyl (C=O) groups excluding carboxylic acids is 1. The highest BCUT2D eigenvalue weighted by Crippen LogP contribution is 2.32. The van der Waals surface area contributed by atoms with Crippen LogP contribution < -0.4 is 4.90 Å². The van der Waals surface area contributed by atoms with Crippen molar-refractivity contribution in [2.24, 2.45) is 0 Å². The lowest BCUT2D eigenvalue weighted by molar-refractivity contribution is -0.117. The van der Waals surface area contributed by atoms with E-state index < -0.39 is 11.6 Å². The van der Waals surface area contributed by atoms with Gasteiger partial charge in [-0.1, -0.05) is 35.5 Å². The largest absolute Gasteiger partial charge is 0.332 e. The molecular weight excluding hydrogens is 392 g/mol. The van der Waals surface area contributed by atoms with Crippen LogP contribution in [0.15, 0.2) is 59.1 Å². The van der Waals surface area contributed by atoms with Gasteiger partial charge in [-0.2, -0.15) is 10.1 Å². The molecule has 1 aliphatic heterocycles. The summed E-state index contributed by atoms with van der Waals surface area (Å²) >= 11 is 0. The molecule has 5 rings (SSSR count). The Morgan fingerprint density at radius 3 is 2.70 bits per heavy atom. The van der Waals surface area contributed by atoms with Crippen molar-refractivity contribution in [3.05, 3.63) is 72.1 Å². The predicted octanol–water partition coefficient (Wildman–Crippen LogP) is 3.93. The van der Waals surface area contributed by atoms with Crippen molar-refractivity contribution < 1.29 is 18.1 Å². The van der Waals surface area contributed by atoms with Crippen LogP contribution in [0, 0.1) is 11.6 Å². The van der Waals surface area contributed by atoms with Gasteiger partial charge in [0.25, 0.3) is 5.89 Å². The maximum Gasteiger partial charge on any atom is 0.275 e. The fraction of sp³-hybridized carbons (Fsp3) is 0.143. The normalized spacial score (nSPS) is 16.4. The Kier molecular flexibility index (Phi) is 4.35.